The predicted octanol–water partition coefficient (Wildman–Crippen LogP) is 1.76. The van der Waals surface area contributed by atoms with E-state index in [1.807, 2.05) is 0 Å². The van der Waals surface area contributed by atoms with Crippen molar-refractivity contribution in [3.05, 3.63) is 22.8 Å². The van der Waals surface area contributed by atoms with Crippen molar-refractivity contribution in [2.45, 2.75) is 19.0 Å². The van der Waals surface area contributed by atoms with E-state index >= 15 is 0 Å². The van der Waals surface area contributed by atoms with Crippen LogP contribution in [0.1, 0.15) is 18.4 Å². The maximum atomic E-state index is 12.6. The Labute approximate surface area is 137 Å². The minimum atomic E-state index is -4.50. The van der Waals surface area contributed by atoms with E-state index in [0.29, 0.717) is 13.1 Å². The van der Waals surface area contributed by atoms with Gasteiger partial charge in [0.2, 0.25) is 0 Å². The lowest BCUT2D eigenvalue weighted by Gasteiger charge is -2.34. The number of pyridine rings is 1. The summed E-state index contributed by atoms with van der Waals surface area (Å²) in [6, 6.07) is 0.843. The van der Waals surface area contributed by atoms with Crippen molar-refractivity contribution in [2.24, 2.45) is 11.1 Å². The standard InChI is InChI=1S/C12H16ClF3N4O2S/c13-10-4-9(12(14,15)16)6-18-11(10)20-3-1-2-8(7-20)5-19-23(17,21)22/h4,6,8,19H,1-3,5,7H2,(H2,17,21,22)/t8-/m0/s1. The number of piperidine rings is 1. The summed E-state index contributed by atoms with van der Waals surface area (Å²) in [4.78, 5) is 5.57. The number of aromatic nitrogens is 1. The van der Waals surface area contributed by atoms with Gasteiger partial charge in [-0.15, -0.1) is 0 Å². The molecule has 1 fully saturated rings. The van der Waals surface area contributed by atoms with Gasteiger partial charge in [0, 0.05) is 25.8 Å². The quantitative estimate of drug-likeness (QED) is 0.843. The molecule has 0 unspecified atom stereocenters. The van der Waals surface area contributed by atoms with Crippen molar-refractivity contribution in [2.75, 3.05) is 24.5 Å². The Morgan fingerprint density at radius 1 is 1.48 bits per heavy atom. The molecule has 1 aliphatic heterocycles. The molecule has 6 nitrogen and oxygen atoms in total. The van der Waals surface area contributed by atoms with Crippen molar-refractivity contribution in [1.29, 1.82) is 0 Å². The first-order chi connectivity index (χ1) is 10.6. The highest BCUT2D eigenvalue weighted by molar-refractivity contribution is 7.87. The normalized spacial score (nSPS) is 19.9. The van der Waals surface area contributed by atoms with Crippen LogP contribution in [0.3, 0.4) is 0 Å². The van der Waals surface area contributed by atoms with E-state index in [1.54, 1.807) is 4.90 Å². The molecule has 0 radical (unpaired) electrons. The van der Waals surface area contributed by atoms with Crippen LogP contribution in [0.2, 0.25) is 5.02 Å². The third-order valence-corrected chi connectivity index (χ3v) is 4.39. The van der Waals surface area contributed by atoms with Crippen LogP contribution < -0.4 is 14.8 Å². The van der Waals surface area contributed by atoms with Gasteiger partial charge in [0.25, 0.3) is 10.2 Å². The molecule has 2 rings (SSSR count). The molecule has 3 N–H and O–H groups in total. The van der Waals surface area contributed by atoms with Crippen molar-refractivity contribution in [3.8, 4) is 0 Å². The average Bonchev–Trinajstić information content (AvgIpc) is 2.43. The number of alkyl halides is 3. The van der Waals surface area contributed by atoms with Crippen molar-refractivity contribution in [3.63, 3.8) is 0 Å². The van der Waals surface area contributed by atoms with Crippen LogP contribution >= 0.6 is 11.6 Å². The largest absolute Gasteiger partial charge is 0.417 e. The summed E-state index contributed by atoms with van der Waals surface area (Å²) in [5, 5.41) is 4.80. The Hall–Kier alpha value is -1.10. The van der Waals surface area contributed by atoms with E-state index in [9.17, 15) is 21.6 Å². The molecule has 0 amide bonds. The molecule has 0 aromatic carbocycles. The maximum absolute atomic E-state index is 12.6. The highest BCUT2D eigenvalue weighted by atomic mass is 35.5. The molecule has 0 spiro atoms. The number of hydrogen-bond donors (Lipinski definition) is 2. The van der Waals surface area contributed by atoms with Crippen LogP contribution in [0, 0.1) is 5.92 Å². The van der Waals surface area contributed by atoms with Crippen LogP contribution in [0.4, 0.5) is 19.0 Å². The molecule has 130 valence electrons. The van der Waals surface area contributed by atoms with E-state index in [-0.39, 0.29) is 23.3 Å². The fourth-order valence-corrected chi connectivity index (χ4v) is 3.23. The molecule has 1 saturated heterocycles. The number of nitrogens with two attached hydrogens (primary N) is 1. The summed E-state index contributed by atoms with van der Waals surface area (Å²) < 4.78 is 62.0. The monoisotopic (exact) mass is 372 g/mol. The van der Waals surface area contributed by atoms with Crippen LogP contribution in [-0.4, -0.2) is 33.0 Å². The highest BCUT2D eigenvalue weighted by Gasteiger charge is 2.32. The van der Waals surface area contributed by atoms with Crippen LogP contribution in [0.15, 0.2) is 12.3 Å². The Morgan fingerprint density at radius 3 is 2.74 bits per heavy atom. The van der Waals surface area contributed by atoms with E-state index in [4.69, 9.17) is 16.7 Å². The molecule has 23 heavy (non-hydrogen) atoms. The SMILES string of the molecule is NS(=O)(=O)NC[C@@H]1CCCN(c2ncc(C(F)(F)F)cc2Cl)C1. The van der Waals surface area contributed by atoms with E-state index in [2.05, 4.69) is 9.71 Å². The second kappa shape index (κ2) is 6.80. The smallest absolute Gasteiger partial charge is 0.355 e. The van der Waals surface area contributed by atoms with Gasteiger partial charge in [0.1, 0.15) is 5.82 Å². The van der Waals surface area contributed by atoms with Crippen molar-refractivity contribution < 1.29 is 21.6 Å². The average molecular weight is 373 g/mol. The molecular formula is C12H16ClF3N4O2S. The summed E-state index contributed by atoms with van der Waals surface area (Å²) in [7, 11) is -3.77. The summed E-state index contributed by atoms with van der Waals surface area (Å²) in [6.45, 7) is 1.18. The molecular weight excluding hydrogens is 357 g/mol. The molecule has 2 heterocycles. The zero-order valence-corrected chi connectivity index (χ0v) is 13.5. The minimum Gasteiger partial charge on any atom is -0.355 e. The number of anilines is 1. The van der Waals surface area contributed by atoms with Gasteiger partial charge in [0.15, 0.2) is 0 Å². The third-order valence-electron chi connectivity index (χ3n) is 3.54. The number of nitrogens with zero attached hydrogens (tertiary/aromatic N) is 2. The van der Waals surface area contributed by atoms with Crippen molar-refractivity contribution >= 4 is 27.6 Å². The Balaban J connectivity index is 2.09. The van der Waals surface area contributed by atoms with Gasteiger partial charge in [-0.3, -0.25) is 0 Å². The second-order valence-electron chi connectivity index (χ2n) is 5.37. The lowest BCUT2D eigenvalue weighted by Crippen LogP contribution is -2.42. The summed E-state index contributed by atoms with van der Waals surface area (Å²) in [5.74, 6) is 0.238. The molecule has 1 aliphatic rings. The Bertz CT molecular complexity index is 669. The maximum Gasteiger partial charge on any atom is 0.417 e. The van der Waals surface area contributed by atoms with E-state index in [0.717, 1.165) is 25.1 Å². The molecule has 0 aliphatic carbocycles. The van der Waals surface area contributed by atoms with Crippen LogP contribution in [0.25, 0.3) is 0 Å². The van der Waals surface area contributed by atoms with Gasteiger partial charge in [-0.2, -0.15) is 21.6 Å². The predicted molar refractivity (Wildman–Crippen MR) is 80.3 cm³/mol. The summed E-state index contributed by atoms with van der Waals surface area (Å²) >= 11 is 5.93. The number of rotatable bonds is 4. The zero-order valence-electron chi connectivity index (χ0n) is 12.0. The van der Waals surface area contributed by atoms with Gasteiger partial charge in [-0.1, -0.05) is 11.6 Å². The number of halogens is 4. The van der Waals surface area contributed by atoms with Gasteiger partial charge >= 0.3 is 6.18 Å². The molecule has 1 atom stereocenters. The molecule has 0 bridgehead atoms. The van der Waals surface area contributed by atoms with Crippen molar-refractivity contribution in [1.82, 2.24) is 9.71 Å². The first-order valence-corrected chi connectivity index (χ1v) is 8.74. The molecule has 11 heteroatoms. The fraction of sp³-hybridized carbons (Fsp3) is 0.583. The second-order valence-corrected chi connectivity index (χ2v) is 7.16. The van der Waals surface area contributed by atoms with Crippen LogP contribution in [0.5, 0.6) is 0 Å². The Kier molecular flexibility index (Phi) is 5.39. The van der Waals surface area contributed by atoms with Gasteiger partial charge < -0.3 is 4.90 Å². The summed E-state index contributed by atoms with van der Waals surface area (Å²) in [5.41, 5.74) is -0.907. The molecule has 1 aromatic heterocycles. The lowest BCUT2D eigenvalue weighted by molar-refractivity contribution is -0.137. The van der Waals surface area contributed by atoms with Gasteiger partial charge in [-0.25, -0.2) is 14.8 Å². The van der Waals surface area contributed by atoms with E-state index < -0.39 is 21.9 Å². The fourth-order valence-electron chi connectivity index (χ4n) is 2.48. The summed E-state index contributed by atoms with van der Waals surface area (Å²) in [6.07, 6.45) is -2.24. The van der Waals surface area contributed by atoms with Crippen LogP contribution in [-0.2, 0) is 16.4 Å². The molecule has 0 saturated carbocycles. The lowest BCUT2D eigenvalue weighted by atomic mass is 9.98. The first-order valence-electron chi connectivity index (χ1n) is 6.81. The van der Waals surface area contributed by atoms with Gasteiger partial charge in [0.05, 0.1) is 10.6 Å². The topological polar surface area (TPSA) is 88.3 Å². The third kappa shape index (κ3) is 5.20. The highest BCUT2D eigenvalue weighted by Crippen LogP contribution is 2.34. The minimum absolute atomic E-state index is 0.0257. The number of hydrogen-bond acceptors (Lipinski definition) is 4. The Morgan fingerprint density at radius 2 is 2.17 bits per heavy atom. The van der Waals surface area contributed by atoms with Gasteiger partial charge in [-0.05, 0) is 24.8 Å². The number of nitrogens with one attached hydrogen (secondary N) is 1. The molecule has 1 aromatic rings. The zero-order chi connectivity index (χ0) is 17.3. The van der Waals surface area contributed by atoms with E-state index in [1.165, 1.54) is 0 Å². The first kappa shape index (κ1) is 18.2.